The van der Waals surface area contributed by atoms with Gasteiger partial charge in [-0.1, -0.05) is 6.08 Å². The predicted molar refractivity (Wildman–Crippen MR) is 47.1 cm³/mol. The summed E-state index contributed by atoms with van der Waals surface area (Å²) in [5, 5.41) is 3.98. The molecule has 12 heavy (non-hydrogen) atoms. The van der Waals surface area contributed by atoms with Gasteiger partial charge in [0.15, 0.2) is 5.78 Å². The van der Waals surface area contributed by atoms with E-state index in [9.17, 15) is 4.79 Å². The highest BCUT2D eigenvalue weighted by Gasteiger charge is 2.10. The third-order valence-corrected chi connectivity index (χ3v) is 1.87. The van der Waals surface area contributed by atoms with Crippen LogP contribution in [0.4, 0.5) is 0 Å². The van der Waals surface area contributed by atoms with E-state index in [-0.39, 0.29) is 5.78 Å². The Bertz CT molecular complexity index is 312. The Balaban J connectivity index is 2.95. The standard InChI is InChI=1S/C9H12N2O/c1-4-5-9(12)8-6-10-11(3)7(8)2/h4,6H,1,5H2,2-3H3. The largest absolute Gasteiger partial charge is 0.294 e. The van der Waals surface area contributed by atoms with Crippen LogP contribution in [0.25, 0.3) is 0 Å². The molecular formula is C9H12N2O. The number of hydrogen-bond donors (Lipinski definition) is 0. The van der Waals surface area contributed by atoms with Crippen LogP contribution in [0.5, 0.6) is 0 Å². The van der Waals surface area contributed by atoms with Crippen molar-refractivity contribution in [3.63, 3.8) is 0 Å². The van der Waals surface area contributed by atoms with Crippen molar-refractivity contribution >= 4 is 5.78 Å². The van der Waals surface area contributed by atoms with Crippen LogP contribution < -0.4 is 0 Å². The predicted octanol–water partition coefficient (Wildman–Crippen LogP) is 1.49. The lowest BCUT2D eigenvalue weighted by Crippen LogP contribution is -2.00. The third-order valence-electron chi connectivity index (χ3n) is 1.87. The molecule has 3 nitrogen and oxygen atoms in total. The van der Waals surface area contributed by atoms with Crippen molar-refractivity contribution in [2.45, 2.75) is 13.3 Å². The number of carbonyl (C=O) groups excluding carboxylic acids is 1. The van der Waals surface area contributed by atoms with E-state index in [0.717, 1.165) is 5.69 Å². The van der Waals surface area contributed by atoms with Crippen molar-refractivity contribution in [2.24, 2.45) is 7.05 Å². The van der Waals surface area contributed by atoms with E-state index in [1.807, 2.05) is 14.0 Å². The molecule has 1 heterocycles. The van der Waals surface area contributed by atoms with E-state index in [0.29, 0.717) is 12.0 Å². The number of Topliss-reactive ketones (excluding diaryl/α,β-unsaturated/α-hetero) is 1. The summed E-state index contributed by atoms with van der Waals surface area (Å²) in [7, 11) is 1.82. The normalized spacial score (nSPS) is 9.83. The lowest BCUT2D eigenvalue weighted by molar-refractivity contribution is 0.0995. The number of hydrogen-bond acceptors (Lipinski definition) is 2. The Hall–Kier alpha value is -1.38. The molecule has 0 fully saturated rings. The molecule has 0 aliphatic rings. The maximum atomic E-state index is 11.4. The van der Waals surface area contributed by atoms with Gasteiger partial charge in [-0.3, -0.25) is 9.48 Å². The molecule has 1 aromatic rings. The summed E-state index contributed by atoms with van der Waals surface area (Å²) in [6.45, 7) is 5.39. The zero-order valence-electron chi connectivity index (χ0n) is 7.37. The summed E-state index contributed by atoms with van der Waals surface area (Å²) in [6.07, 6.45) is 3.59. The monoisotopic (exact) mass is 164 g/mol. The van der Waals surface area contributed by atoms with Gasteiger partial charge in [0, 0.05) is 19.2 Å². The van der Waals surface area contributed by atoms with Crippen LogP contribution in [-0.2, 0) is 7.05 Å². The Morgan fingerprint density at radius 3 is 2.92 bits per heavy atom. The third kappa shape index (κ3) is 1.44. The summed E-state index contributed by atoms with van der Waals surface area (Å²) in [5.41, 5.74) is 1.60. The van der Waals surface area contributed by atoms with E-state index in [2.05, 4.69) is 11.7 Å². The summed E-state index contributed by atoms with van der Waals surface area (Å²) >= 11 is 0. The van der Waals surface area contributed by atoms with E-state index in [4.69, 9.17) is 0 Å². The van der Waals surface area contributed by atoms with Crippen molar-refractivity contribution in [3.05, 3.63) is 30.1 Å². The molecule has 0 aromatic carbocycles. The molecule has 0 saturated carbocycles. The average Bonchev–Trinajstić information content (AvgIpc) is 2.34. The van der Waals surface area contributed by atoms with Gasteiger partial charge < -0.3 is 0 Å². The fourth-order valence-corrected chi connectivity index (χ4v) is 1.01. The number of ketones is 1. The fraction of sp³-hybridized carbons (Fsp3) is 0.333. The Morgan fingerprint density at radius 1 is 1.83 bits per heavy atom. The van der Waals surface area contributed by atoms with Gasteiger partial charge >= 0.3 is 0 Å². The molecule has 0 unspecified atom stereocenters. The fourth-order valence-electron chi connectivity index (χ4n) is 1.01. The summed E-state index contributed by atoms with van der Waals surface area (Å²) < 4.78 is 1.69. The second-order valence-corrected chi connectivity index (χ2v) is 2.68. The molecular weight excluding hydrogens is 152 g/mol. The quantitative estimate of drug-likeness (QED) is 0.501. The molecule has 0 spiro atoms. The molecule has 3 heteroatoms. The van der Waals surface area contributed by atoms with Gasteiger partial charge in [0.05, 0.1) is 11.8 Å². The molecule has 0 N–H and O–H groups in total. The molecule has 1 aromatic heterocycles. The SMILES string of the molecule is C=CCC(=O)c1cnn(C)c1C. The Labute approximate surface area is 71.7 Å². The van der Waals surface area contributed by atoms with Crippen LogP contribution in [0, 0.1) is 6.92 Å². The maximum Gasteiger partial charge on any atom is 0.170 e. The number of rotatable bonds is 3. The lowest BCUT2D eigenvalue weighted by atomic mass is 10.1. The molecule has 0 aliphatic heterocycles. The molecule has 0 atom stereocenters. The molecule has 0 aliphatic carbocycles. The topological polar surface area (TPSA) is 34.9 Å². The van der Waals surface area contributed by atoms with E-state index in [1.54, 1.807) is 17.0 Å². The van der Waals surface area contributed by atoms with Gasteiger partial charge in [-0.2, -0.15) is 5.10 Å². The first-order valence-electron chi connectivity index (χ1n) is 3.79. The molecule has 0 radical (unpaired) electrons. The first kappa shape index (κ1) is 8.71. The van der Waals surface area contributed by atoms with Crippen LogP contribution >= 0.6 is 0 Å². The van der Waals surface area contributed by atoms with Crippen LogP contribution in [0.2, 0.25) is 0 Å². The molecule has 0 amide bonds. The van der Waals surface area contributed by atoms with Crippen LogP contribution in [0.15, 0.2) is 18.9 Å². The van der Waals surface area contributed by atoms with Crippen molar-refractivity contribution in [1.82, 2.24) is 9.78 Å². The Morgan fingerprint density at radius 2 is 2.50 bits per heavy atom. The van der Waals surface area contributed by atoms with Gasteiger partial charge in [-0.05, 0) is 6.92 Å². The van der Waals surface area contributed by atoms with Crippen molar-refractivity contribution in [2.75, 3.05) is 0 Å². The minimum absolute atomic E-state index is 0.0793. The van der Waals surface area contributed by atoms with Gasteiger partial charge in [0.1, 0.15) is 0 Å². The lowest BCUT2D eigenvalue weighted by Gasteiger charge is -1.96. The molecule has 0 bridgehead atoms. The first-order chi connectivity index (χ1) is 5.66. The highest BCUT2D eigenvalue weighted by molar-refractivity contribution is 5.97. The van der Waals surface area contributed by atoms with Gasteiger partial charge in [0.25, 0.3) is 0 Å². The van der Waals surface area contributed by atoms with E-state index >= 15 is 0 Å². The van der Waals surface area contributed by atoms with Gasteiger partial charge in [0.2, 0.25) is 0 Å². The highest BCUT2D eigenvalue weighted by Crippen LogP contribution is 2.08. The minimum Gasteiger partial charge on any atom is -0.294 e. The highest BCUT2D eigenvalue weighted by atomic mass is 16.1. The number of aromatic nitrogens is 2. The van der Waals surface area contributed by atoms with E-state index in [1.165, 1.54) is 0 Å². The number of aryl methyl sites for hydroxylation is 1. The second-order valence-electron chi connectivity index (χ2n) is 2.68. The summed E-state index contributed by atoms with van der Waals surface area (Å²) in [6, 6.07) is 0. The van der Waals surface area contributed by atoms with Gasteiger partial charge in [-0.15, -0.1) is 6.58 Å². The van der Waals surface area contributed by atoms with Crippen molar-refractivity contribution < 1.29 is 4.79 Å². The summed E-state index contributed by atoms with van der Waals surface area (Å²) in [4.78, 5) is 11.4. The average molecular weight is 164 g/mol. The molecule has 0 saturated heterocycles. The van der Waals surface area contributed by atoms with Gasteiger partial charge in [-0.25, -0.2) is 0 Å². The number of allylic oxidation sites excluding steroid dienone is 1. The second kappa shape index (κ2) is 3.34. The number of nitrogens with zero attached hydrogens (tertiary/aromatic N) is 2. The summed E-state index contributed by atoms with van der Waals surface area (Å²) in [5.74, 6) is 0.0793. The first-order valence-corrected chi connectivity index (χ1v) is 3.79. The smallest absolute Gasteiger partial charge is 0.170 e. The van der Waals surface area contributed by atoms with Crippen molar-refractivity contribution in [3.8, 4) is 0 Å². The van der Waals surface area contributed by atoms with Crippen molar-refractivity contribution in [1.29, 1.82) is 0 Å². The van der Waals surface area contributed by atoms with Crippen LogP contribution in [0.3, 0.4) is 0 Å². The van der Waals surface area contributed by atoms with Crippen LogP contribution in [0.1, 0.15) is 22.5 Å². The van der Waals surface area contributed by atoms with E-state index < -0.39 is 0 Å². The number of carbonyl (C=O) groups is 1. The molecule has 1 rings (SSSR count). The Kier molecular flexibility index (Phi) is 2.43. The minimum atomic E-state index is 0.0793. The zero-order chi connectivity index (χ0) is 9.14. The zero-order valence-corrected chi connectivity index (χ0v) is 7.37. The molecule has 64 valence electrons. The van der Waals surface area contributed by atoms with Crippen LogP contribution in [-0.4, -0.2) is 15.6 Å². The maximum absolute atomic E-state index is 11.4.